The topological polar surface area (TPSA) is 78.9 Å². The van der Waals surface area contributed by atoms with E-state index in [0.717, 1.165) is 0 Å². The molecule has 152 valence electrons. The maximum atomic E-state index is 14.0. The standard InChI is InChI=1S/C15H16F5O6P/c1-4-24-15(22)14(27(23,25-5-2)26-6-3)13(21)7-8(16)10(18)12(20)11(19)9(7)17/h14H,4-6H2,1-3H3. The minimum absolute atomic E-state index is 0.335. The largest absolute Gasteiger partial charge is 0.465 e. The summed E-state index contributed by atoms with van der Waals surface area (Å²) in [6, 6.07) is 0. The summed E-state index contributed by atoms with van der Waals surface area (Å²) in [5.74, 6) is -15.8. The average Bonchev–Trinajstić information content (AvgIpc) is 2.59. The Bertz CT molecular complexity index is 745. The number of halogens is 5. The first-order valence-electron chi connectivity index (χ1n) is 7.68. The Labute approximate surface area is 151 Å². The molecule has 0 radical (unpaired) electrons. The van der Waals surface area contributed by atoms with Crippen LogP contribution in [0.4, 0.5) is 22.0 Å². The lowest BCUT2D eigenvalue weighted by atomic mass is 10.1. The quantitative estimate of drug-likeness (QED) is 0.116. The smallest absolute Gasteiger partial charge is 0.352 e. The van der Waals surface area contributed by atoms with Gasteiger partial charge in [0.15, 0.2) is 29.1 Å². The molecule has 0 saturated carbocycles. The zero-order valence-electron chi connectivity index (χ0n) is 14.5. The van der Waals surface area contributed by atoms with Crippen molar-refractivity contribution in [3.8, 4) is 0 Å². The Kier molecular flexibility index (Phi) is 8.06. The summed E-state index contributed by atoms with van der Waals surface area (Å²) >= 11 is 0. The Morgan fingerprint density at radius 3 is 1.59 bits per heavy atom. The van der Waals surface area contributed by atoms with E-state index in [1.165, 1.54) is 20.8 Å². The van der Waals surface area contributed by atoms with Crippen LogP contribution >= 0.6 is 7.60 Å². The number of hydrogen-bond donors (Lipinski definition) is 0. The van der Waals surface area contributed by atoms with Gasteiger partial charge in [-0.15, -0.1) is 0 Å². The van der Waals surface area contributed by atoms with Gasteiger partial charge in [0, 0.05) is 0 Å². The molecule has 27 heavy (non-hydrogen) atoms. The molecule has 1 aromatic carbocycles. The van der Waals surface area contributed by atoms with Crippen LogP contribution in [0.15, 0.2) is 0 Å². The van der Waals surface area contributed by atoms with E-state index in [2.05, 4.69) is 4.74 Å². The Balaban J connectivity index is 3.68. The van der Waals surface area contributed by atoms with E-state index in [9.17, 15) is 36.1 Å². The second-order valence-electron chi connectivity index (χ2n) is 4.84. The highest BCUT2D eigenvalue weighted by Gasteiger charge is 2.50. The van der Waals surface area contributed by atoms with Crippen LogP contribution < -0.4 is 0 Å². The number of ether oxygens (including phenoxy) is 1. The van der Waals surface area contributed by atoms with Crippen LogP contribution in [0.5, 0.6) is 0 Å². The number of hydrogen-bond acceptors (Lipinski definition) is 6. The van der Waals surface area contributed by atoms with Crippen molar-refractivity contribution in [2.75, 3.05) is 19.8 Å². The van der Waals surface area contributed by atoms with Gasteiger partial charge in [0.2, 0.25) is 11.5 Å². The monoisotopic (exact) mass is 418 g/mol. The highest BCUT2D eigenvalue weighted by atomic mass is 31.2. The molecule has 0 heterocycles. The molecule has 12 heteroatoms. The molecule has 1 rings (SSSR count). The van der Waals surface area contributed by atoms with Crippen LogP contribution in [0.25, 0.3) is 0 Å². The Morgan fingerprint density at radius 1 is 0.815 bits per heavy atom. The minimum atomic E-state index is -4.71. The molecule has 1 unspecified atom stereocenters. The SMILES string of the molecule is CCOC(=O)C(C(=O)c1c(F)c(F)c(F)c(F)c1F)P(=O)(OCC)OCC. The Hall–Kier alpha value is -1.84. The van der Waals surface area contributed by atoms with Gasteiger partial charge in [0.25, 0.3) is 0 Å². The Morgan fingerprint density at radius 2 is 1.22 bits per heavy atom. The zero-order valence-corrected chi connectivity index (χ0v) is 15.4. The molecule has 0 aliphatic rings. The lowest BCUT2D eigenvalue weighted by Gasteiger charge is -2.24. The van der Waals surface area contributed by atoms with E-state index in [-0.39, 0.29) is 19.8 Å². The van der Waals surface area contributed by atoms with Crippen molar-refractivity contribution in [1.29, 1.82) is 0 Å². The summed E-state index contributed by atoms with van der Waals surface area (Å²) in [6.45, 7) is 2.91. The molecule has 0 bridgehead atoms. The van der Waals surface area contributed by atoms with Crippen LogP contribution in [0, 0.1) is 29.1 Å². The lowest BCUT2D eigenvalue weighted by molar-refractivity contribution is -0.142. The third-order valence-electron chi connectivity index (χ3n) is 3.15. The van der Waals surface area contributed by atoms with E-state index >= 15 is 0 Å². The van der Waals surface area contributed by atoms with Crippen molar-refractivity contribution in [3.63, 3.8) is 0 Å². The third-order valence-corrected chi connectivity index (χ3v) is 5.46. The average molecular weight is 418 g/mol. The first kappa shape index (κ1) is 23.2. The molecule has 0 aromatic heterocycles. The maximum absolute atomic E-state index is 14.0. The highest BCUT2D eigenvalue weighted by Crippen LogP contribution is 2.54. The van der Waals surface area contributed by atoms with Gasteiger partial charge in [-0.25, -0.2) is 22.0 Å². The summed E-state index contributed by atoms with van der Waals surface area (Å²) in [7, 11) is -4.71. The molecule has 0 N–H and O–H groups in total. The van der Waals surface area contributed by atoms with Crippen LogP contribution in [0.2, 0.25) is 0 Å². The zero-order chi connectivity index (χ0) is 20.9. The molecule has 1 aromatic rings. The van der Waals surface area contributed by atoms with Gasteiger partial charge >= 0.3 is 13.6 Å². The van der Waals surface area contributed by atoms with Crippen LogP contribution in [0.1, 0.15) is 31.1 Å². The molecule has 0 amide bonds. The molecule has 0 saturated heterocycles. The maximum Gasteiger partial charge on any atom is 0.352 e. The summed E-state index contributed by atoms with van der Waals surface area (Å²) in [5.41, 5.74) is -4.52. The van der Waals surface area contributed by atoms with E-state index in [0.29, 0.717) is 0 Å². The van der Waals surface area contributed by atoms with Gasteiger partial charge in [-0.1, -0.05) is 0 Å². The van der Waals surface area contributed by atoms with Gasteiger partial charge in [-0.05, 0) is 20.8 Å². The van der Waals surface area contributed by atoms with Gasteiger partial charge < -0.3 is 13.8 Å². The second-order valence-corrected chi connectivity index (χ2v) is 6.95. The molecule has 1 atom stereocenters. The summed E-state index contributed by atoms with van der Waals surface area (Å²) in [5, 5.41) is 0. The van der Waals surface area contributed by atoms with Crippen LogP contribution in [-0.4, -0.2) is 37.2 Å². The van der Waals surface area contributed by atoms with Crippen molar-refractivity contribution in [1.82, 2.24) is 0 Å². The van der Waals surface area contributed by atoms with E-state index < -0.39 is 59.7 Å². The molecular formula is C15H16F5O6P. The fraction of sp³-hybridized carbons (Fsp3) is 0.467. The number of esters is 1. The lowest BCUT2D eigenvalue weighted by Crippen LogP contribution is -2.35. The fourth-order valence-corrected chi connectivity index (χ4v) is 3.95. The molecular weight excluding hydrogens is 402 g/mol. The predicted octanol–water partition coefficient (Wildman–Crippen LogP) is 3.76. The number of rotatable bonds is 9. The molecule has 0 spiro atoms. The van der Waals surface area contributed by atoms with Crippen molar-refractivity contribution in [3.05, 3.63) is 34.6 Å². The second kappa shape index (κ2) is 9.38. The molecule has 0 aliphatic carbocycles. The number of carbonyl (C=O) groups is 2. The van der Waals surface area contributed by atoms with E-state index in [1.807, 2.05) is 0 Å². The van der Waals surface area contributed by atoms with Gasteiger partial charge in [0.1, 0.15) is 0 Å². The summed E-state index contributed by atoms with van der Waals surface area (Å²) < 4.78 is 94.9. The van der Waals surface area contributed by atoms with Crippen LogP contribution in [-0.2, 0) is 23.1 Å². The van der Waals surface area contributed by atoms with Crippen molar-refractivity contribution < 1.29 is 49.9 Å². The van der Waals surface area contributed by atoms with Gasteiger partial charge in [0.05, 0.1) is 25.4 Å². The van der Waals surface area contributed by atoms with Crippen LogP contribution in [0.3, 0.4) is 0 Å². The number of carbonyl (C=O) groups excluding carboxylic acids is 2. The molecule has 0 aliphatic heterocycles. The third kappa shape index (κ3) is 4.53. The van der Waals surface area contributed by atoms with Crippen molar-refractivity contribution >= 4 is 19.3 Å². The van der Waals surface area contributed by atoms with E-state index in [1.54, 1.807) is 0 Å². The summed E-state index contributed by atoms with van der Waals surface area (Å²) in [4.78, 5) is 24.7. The first-order valence-corrected chi connectivity index (χ1v) is 9.29. The molecule has 6 nitrogen and oxygen atoms in total. The van der Waals surface area contributed by atoms with Gasteiger partial charge in [-0.2, -0.15) is 0 Å². The normalized spacial score (nSPS) is 12.7. The molecule has 0 fully saturated rings. The van der Waals surface area contributed by atoms with Gasteiger partial charge in [-0.3, -0.25) is 14.2 Å². The van der Waals surface area contributed by atoms with E-state index in [4.69, 9.17) is 9.05 Å². The number of Topliss-reactive ketones (excluding diaryl/α,β-unsaturated/α-hetero) is 1. The first-order chi connectivity index (χ1) is 12.6. The predicted molar refractivity (Wildman–Crippen MR) is 81.8 cm³/mol. The number of benzene rings is 1. The number of ketones is 1. The van der Waals surface area contributed by atoms with Crippen molar-refractivity contribution in [2.45, 2.75) is 26.4 Å². The minimum Gasteiger partial charge on any atom is -0.465 e. The fourth-order valence-electron chi connectivity index (χ4n) is 2.11. The van der Waals surface area contributed by atoms with Crippen molar-refractivity contribution in [2.24, 2.45) is 0 Å². The summed E-state index contributed by atoms with van der Waals surface area (Å²) in [6.07, 6.45) is 0. The highest BCUT2D eigenvalue weighted by molar-refractivity contribution is 7.57.